The fourth-order valence-corrected chi connectivity index (χ4v) is 3.69. The molecule has 0 amide bonds. The van der Waals surface area contributed by atoms with E-state index in [4.69, 9.17) is 6.42 Å². The van der Waals surface area contributed by atoms with Crippen molar-refractivity contribution >= 4 is 50.1 Å². The van der Waals surface area contributed by atoms with E-state index in [-0.39, 0.29) is 22.8 Å². The number of nitro groups is 2. The molecule has 2 aromatic carbocycles. The molecular formula is C16H9BrN4O4S. The molecule has 1 heterocycles. The number of benzene rings is 2. The van der Waals surface area contributed by atoms with Crippen molar-refractivity contribution in [1.29, 1.82) is 0 Å². The summed E-state index contributed by atoms with van der Waals surface area (Å²) < 4.78 is 2.60. The summed E-state index contributed by atoms with van der Waals surface area (Å²) in [5, 5.41) is 22.7. The standard InChI is InChI=1S/C16H9BrN4O4S/c1-2-7-19-13-5-3-10(17)8-12(13)18-16(19)26-15-6-4-11(20(22)23)9-14(15)21(24)25/h1,3-6,8-9H,7H2. The van der Waals surface area contributed by atoms with Crippen LogP contribution in [0, 0.1) is 32.6 Å². The predicted octanol–water partition coefficient (Wildman–Crippen LogP) is 4.40. The second kappa shape index (κ2) is 7.15. The first-order valence-electron chi connectivity index (χ1n) is 7.10. The topological polar surface area (TPSA) is 104 Å². The number of aromatic nitrogens is 2. The van der Waals surface area contributed by atoms with Gasteiger partial charge in [-0.05, 0) is 36.0 Å². The Morgan fingerprint density at radius 1 is 1.19 bits per heavy atom. The van der Waals surface area contributed by atoms with Crippen LogP contribution in [-0.4, -0.2) is 19.4 Å². The van der Waals surface area contributed by atoms with E-state index in [1.165, 1.54) is 12.1 Å². The molecule has 0 unspecified atom stereocenters. The maximum absolute atomic E-state index is 11.3. The molecule has 0 N–H and O–H groups in total. The first-order valence-corrected chi connectivity index (χ1v) is 8.71. The Hall–Kier alpha value is -2.90. The fraction of sp³-hybridized carbons (Fsp3) is 0.0625. The molecule has 0 saturated carbocycles. The number of hydrogen-bond donors (Lipinski definition) is 0. The van der Waals surface area contributed by atoms with Crippen LogP contribution in [0.3, 0.4) is 0 Å². The average Bonchev–Trinajstić information content (AvgIpc) is 2.91. The Labute approximate surface area is 159 Å². The Morgan fingerprint density at radius 3 is 2.62 bits per heavy atom. The number of hydrogen-bond acceptors (Lipinski definition) is 6. The second-order valence-corrected chi connectivity index (χ2v) is 7.01. The van der Waals surface area contributed by atoms with Crippen LogP contribution in [0.5, 0.6) is 0 Å². The maximum atomic E-state index is 11.3. The number of terminal acetylenes is 1. The lowest BCUT2D eigenvalue weighted by atomic mass is 10.3. The highest BCUT2D eigenvalue weighted by atomic mass is 79.9. The van der Waals surface area contributed by atoms with Gasteiger partial charge in [0.1, 0.15) is 0 Å². The van der Waals surface area contributed by atoms with Crippen molar-refractivity contribution in [3.8, 4) is 12.3 Å². The average molecular weight is 433 g/mol. The van der Waals surface area contributed by atoms with E-state index in [0.717, 1.165) is 27.8 Å². The smallest absolute Gasteiger partial charge is 0.290 e. The molecule has 10 heteroatoms. The predicted molar refractivity (Wildman–Crippen MR) is 100 cm³/mol. The van der Waals surface area contributed by atoms with E-state index in [9.17, 15) is 20.2 Å². The van der Waals surface area contributed by atoms with Gasteiger partial charge in [0.05, 0.1) is 38.4 Å². The van der Waals surface area contributed by atoms with Gasteiger partial charge in [0.2, 0.25) is 0 Å². The molecule has 0 radical (unpaired) electrons. The third kappa shape index (κ3) is 3.40. The summed E-state index contributed by atoms with van der Waals surface area (Å²) in [7, 11) is 0. The van der Waals surface area contributed by atoms with E-state index in [1.54, 1.807) is 4.57 Å². The van der Waals surface area contributed by atoms with Crippen LogP contribution >= 0.6 is 27.7 Å². The van der Waals surface area contributed by atoms with E-state index >= 15 is 0 Å². The third-order valence-corrected chi connectivity index (χ3v) is 5.03. The van der Waals surface area contributed by atoms with Crippen molar-refractivity contribution in [2.75, 3.05) is 0 Å². The minimum Gasteiger partial charge on any atom is -0.307 e. The molecule has 0 aliphatic rings. The quantitative estimate of drug-likeness (QED) is 0.336. The molecule has 3 rings (SSSR count). The van der Waals surface area contributed by atoms with Gasteiger partial charge in [0, 0.05) is 10.5 Å². The Kier molecular flexibility index (Phi) is 4.92. The number of rotatable bonds is 5. The van der Waals surface area contributed by atoms with Crippen molar-refractivity contribution in [3.05, 3.63) is 61.1 Å². The summed E-state index contributed by atoms with van der Waals surface area (Å²) in [5.41, 5.74) is 0.770. The van der Waals surface area contributed by atoms with Crippen LogP contribution in [0.1, 0.15) is 0 Å². The van der Waals surface area contributed by atoms with Gasteiger partial charge in [-0.1, -0.05) is 21.9 Å². The minimum absolute atomic E-state index is 0.237. The van der Waals surface area contributed by atoms with Gasteiger partial charge in [-0.15, -0.1) is 6.42 Å². The fourth-order valence-electron chi connectivity index (χ4n) is 2.35. The van der Waals surface area contributed by atoms with E-state index in [2.05, 4.69) is 26.8 Å². The molecule has 0 saturated heterocycles. The first kappa shape index (κ1) is 17.9. The lowest BCUT2D eigenvalue weighted by molar-refractivity contribution is -0.396. The molecule has 0 atom stereocenters. The summed E-state index contributed by atoms with van der Waals surface area (Å²) >= 11 is 4.41. The van der Waals surface area contributed by atoms with Gasteiger partial charge in [0.15, 0.2) is 5.16 Å². The van der Waals surface area contributed by atoms with Gasteiger partial charge in [-0.3, -0.25) is 20.2 Å². The van der Waals surface area contributed by atoms with Crippen molar-refractivity contribution in [3.63, 3.8) is 0 Å². The molecular weight excluding hydrogens is 424 g/mol. The zero-order valence-electron chi connectivity index (χ0n) is 13.0. The number of imidazole rings is 1. The number of nitrogens with zero attached hydrogens (tertiary/aromatic N) is 4. The lowest BCUT2D eigenvalue weighted by Gasteiger charge is -2.05. The first-order chi connectivity index (χ1) is 12.4. The molecule has 8 nitrogen and oxygen atoms in total. The van der Waals surface area contributed by atoms with Crippen LogP contribution in [0.4, 0.5) is 11.4 Å². The minimum atomic E-state index is -0.674. The number of non-ortho nitro benzene ring substituents is 1. The van der Waals surface area contributed by atoms with E-state index in [0.29, 0.717) is 10.7 Å². The normalized spacial score (nSPS) is 10.6. The number of halogens is 1. The molecule has 0 spiro atoms. The second-order valence-electron chi connectivity index (χ2n) is 5.09. The molecule has 0 aliphatic heterocycles. The van der Waals surface area contributed by atoms with Crippen LogP contribution in [0.2, 0.25) is 0 Å². The van der Waals surface area contributed by atoms with Gasteiger partial charge in [-0.2, -0.15) is 0 Å². The summed E-state index contributed by atoms with van der Waals surface area (Å²) in [4.78, 5) is 25.6. The Morgan fingerprint density at radius 2 is 1.96 bits per heavy atom. The SMILES string of the molecule is C#CCn1c(Sc2ccc([N+](=O)[O-])cc2[N+](=O)[O-])nc2cc(Br)ccc21. The van der Waals surface area contributed by atoms with Gasteiger partial charge >= 0.3 is 0 Å². The molecule has 0 aliphatic carbocycles. The van der Waals surface area contributed by atoms with Crippen molar-refractivity contribution < 1.29 is 9.85 Å². The highest BCUT2D eigenvalue weighted by Crippen LogP contribution is 2.38. The lowest BCUT2D eigenvalue weighted by Crippen LogP contribution is -1.99. The highest BCUT2D eigenvalue weighted by molar-refractivity contribution is 9.10. The summed E-state index contributed by atoms with van der Waals surface area (Å²) in [6.45, 7) is 0.237. The summed E-state index contributed by atoms with van der Waals surface area (Å²) in [6.07, 6.45) is 5.43. The summed E-state index contributed by atoms with van der Waals surface area (Å²) in [5.74, 6) is 2.54. The maximum Gasteiger partial charge on any atom is 0.290 e. The largest absolute Gasteiger partial charge is 0.307 e. The van der Waals surface area contributed by atoms with Crippen LogP contribution < -0.4 is 0 Å². The number of fused-ring (bicyclic) bond motifs is 1. The molecule has 130 valence electrons. The molecule has 0 bridgehead atoms. The van der Waals surface area contributed by atoms with Crippen LogP contribution in [0.25, 0.3) is 11.0 Å². The monoisotopic (exact) mass is 432 g/mol. The Balaban J connectivity index is 2.11. The van der Waals surface area contributed by atoms with Crippen molar-refractivity contribution in [2.24, 2.45) is 0 Å². The molecule has 1 aromatic heterocycles. The van der Waals surface area contributed by atoms with Gasteiger partial charge in [0.25, 0.3) is 11.4 Å². The molecule has 0 fully saturated rings. The highest BCUT2D eigenvalue weighted by Gasteiger charge is 2.22. The molecule has 26 heavy (non-hydrogen) atoms. The van der Waals surface area contributed by atoms with Crippen LogP contribution in [0.15, 0.2) is 50.9 Å². The van der Waals surface area contributed by atoms with Gasteiger partial charge < -0.3 is 4.57 Å². The zero-order chi connectivity index (χ0) is 18.8. The summed E-state index contributed by atoms with van der Waals surface area (Å²) in [6, 6.07) is 9.01. The van der Waals surface area contributed by atoms with Gasteiger partial charge in [-0.25, -0.2) is 4.98 Å². The number of nitro benzene ring substituents is 2. The zero-order valence-corrected chi connectivity index (χ0v) is 15.4. The molecule has 3 aromatic rings. The van der Waals surface area contributed by atoms with Crippen molar-refractivity contribution in [1.82, 2.24) is 9.55 Å². The van der Waals surface area contributed by atoms with Crippen LogP contribution in [-0.2, 0) is 6.54 Å². The Bertz CT molecular complexity index is 1090. The third-order valence-electron chi connectivity index (χ3n) is 3.48. The van der Waals surface area contributed by atoms with E-state index in [1.807, 2.05) is 18.2 Å². The van der Waals surface area contributed by atoms with E-state index < -0.39 is 9.85 Å². The van der Waals surface area contributed by atoms with Crippen molar-refractivity contribution in [2.45, 2.75) is 16.6 Å².